The van der Waals surface area contributed by atoms with Crippen molar-refractivity contribution in [1.29, 1.82) is 0 Å². The highest BCUT2D eigenvalue weighted by atomic mass is 35.9. The van der Waals surface area contributed by atoms with Crippen molar-refractivity contribution in [3.05, 3.63) is 0 Å². The van der Waals surface area contributed by atoms with E-state index in [0.29, 0.717) is 33.0 Å². The third-order valence-corrected chi connectivity index (χ3v) is 57.8. The molecule has 1 rings (SSSR count). The molecule has 0 bridgehead atoms. The maximum Gasteiger partial charge on any atom is 0.371 e. The largest absolute Gasteiger partial charge is 0.371 e. The second-order valence-electron chi connectivity index (χ2n) is 10.9. The molecule has 0 saturated heterocycles. The Labute approximate surface area is 448 Å². The van der Waals surface area contributed by atoms with Crippen molar-refractivity contribution in [2.45, 2.75) is 49.0 Å². The van der Waals surface area contributed by atoms with Crippen LogP contribution in [0.5, 0.6) is 0 Å². The van der Waals surface area contributed by atoms with Gasteiger partial charge in [0, 0.05) is 47.4 Å². The molecule has 1 heterocycles. The third kappa shape index (κ3) is 41.9. The molecule has 0 radical (unpaired) electrons. The first kappa shape index (κ1) is 85.7. The maximum absolute atomic E-state index is 12.5. The van der Waals surface area contributed by atoms with Crippen molar-refractivity contribution >= 4 is 203 Å². The molecule has 0 aromatic rings. The SMILES string of the molecule is C.CCCl.CCOP(C)(=O)P(C)(=NC)P(C)(=O)OCC.CCOP(OCC)OCC.CN=P(C)(Cl)Cl.CN=P(C)(Cl)Cl.CN=P(C)(P(=O)(O)O)P(=O)(O)O.ClP1(Cl)=NP(Cl)(Cl)=NP(Cl)(Cl)=N1. The molecule has 2 atom stereocenters. The van der Waals surface area contributed by atoms with Gasteiger partial charge in [0.15, 0.2) is 6.43 Å². The molecular formula is C23H68Cl11N7O13P12. The van der Waals surface area contributed by atoms with Gasteiger partial charge in [-0.05, 0) is 129 Å². The lowest BCUT2D eigenvalue weighted by Gasteiger charge is -2.30. The van der Waals surface area contributed by atoms with Crippen molar-refractivity contribution in [3.63, 3.8) is 0 Å². The molecule has 0 saturated carbocycles. The summed E-state index contributed by atoms with van der Waals surface area (Å²) in [7, 11) is -11.0. The van der Waals surface area contributed by atoms with Gasteiger partial charge >= 0.3 is 23.2 Å². The Morgan fingerprint density at radius 1 is 0.485 bits per heavy atom. The van der Waals surface area contributed by atoms with E-state index in [9.17, 15) is 18.3 Å². The highest BCUT2D eigenvalue weighted by Crippen LogP contribution is 2.98. The molecule has 43 heteroatoms. The summed E-state index contributed by atoms with van der Waals surface area (Å²) in [6, 6.07) is 0. The Hall–Kier alpha value is 5.79. The summed E-state index contributed by atoms with van der Waals surface area (Å²) in [6.07, 6.45) is -6.46. The van der Waals surface area contributed by atoms with Crippen LogP contribution in [0.4, 0.5) is 0 Å². The molecule has 0 fully saturated rings. The molecule has 410 valence electrons. The van der Waals surface area contributed by atoms with Crippen molar-refractivity contribution in [1.82, 2.24) is 0 Å². The topological polar surface area (TPSA) is 282 Å². The number of hydrogen-bond acceptors (Lipinski definition) is 16. The zero-order valence-corrected chi connectivity index (χ0v) is 57.4. The summed E-state index contributed by atoms with van der Waals surface area (Å²) < 4.78 is 97.9. The lowest BCUT2D eigenvalue weighted by molar-refractivity contribution is 0.176. The van der Waals surface area contributed by atoms with Crippen LogP contribution in [0, 0.1) is 0 Å². The molecule has 0 aliphatic carbocycles. The van der Waals surface area contributed by atoms with E-state index in [0.717, 1.165) is 19.6 Å². The summed E-state index contributed by atoms with van der Waals surface area (Å²) in [5.74, 6) is -11.7. The van der Waals surface area contributed by atoms with Gasteiger partial charge in [0.25, 0.3) is 17.7 Å². The minimum atomic E-state index is -4.83. The zero-order chi connectivity index (χ0) is 53.8. The molecule has 1 aliphatic rings. The van der Waals surface area contributed by atoms with E-state index in [2.05, 4.69) is 32.5 Å². The van der Waals surface area contributed by atoms with E-state index in [-0.39, 0.29) is 7.43 Å². The number of alkyl halides is 1. The lowest BCUT2D eigenvalue weighted by atomic mass is 10.9. The monoisotopic (exact) mass is 1410 g/mol. The minimum Gasteiger partial charge on any atom is -0.325 e. The Kier molecular flexibility index (Phi) is 52.0. The molecular weight excluding hydrogens is 1340 g/mol. The van der Waals surface area contributed by atoms with Gasteiger partial charge in [0.1, 0.15) is 18.0 Å². The Bertz CT molecular complexity index is 1800. The molecule has 2 unspecified atom stereocenters. The van der Waals surface area contributed by atoms with Crippen LogP contribution in [0.25, 0.3) is 0 Å². The fourth-order valence-corrected chi connectivity index (χ4v) is 42.7. The quantitative estimate of drug-likeness (QED) is 0.0931. The van der Waals surface area contributed by atoms with Gasteiger partial charge in [-0.3, -0.25) is 37.2 Å². The van der Waals surface area contributed by atoms with Gasteiger partial charge in [-0.1, -0.05) is 59.3 Å². The van der Waals surface area contributed by atoms with Crippen LogP contribution in [0.2, 0.25) is 0 Å². The average molecular weight is 1410 g/mol. The van der Waals surface area contributed by atoms with Crippen LogP contribution in [-0.2, 0) is 40.9 Å². The molecule has 4 N–H and O–H groups in total. The summed E-state index contributed by atoms with van der Waals surface area (Å²) >= 11 is 60.6. The molecule has 1 aliphatic heterocycles. The number of hydrogen-bond donors (Lipinski definition) is 4. The van der Waals surface area contributed by atoms with Gasteiger partial charge in [-0.25, -0.2) is 0 Å². The fraction of sp³-hybridized carbons (Fsp3) is 1.00. The predicted molar refractivity (Wildman–Crippen MR) is 311 cm³/mol. The molecule has 0 spiro atoms. The molecule has 66 heavy (non-hydrogen) atoms. The second kappa shape index (κ2) is 40.0. The van der Waals surface area contributed by atoms with E-state index in [1.165, 1.54) is 20.4 Å². The number of halogens is 11. The summed E-state index contributed by atoms with van der Waals surface area (Å²) in [5, 5.41) is 0. The van der Waals surface area contributed by atoms with Crippen molar-refractivity contribution in [3.8, 4) is 0 Å². The van der Waals surface area contributed by atoms with Crippen LogP contribution < -0.4 is 0 Å². The first-order valence-corrected chi connectivity index (χ1v) is 52.1. The Balaban J connectivity index is -0.000000128. The van der Waals surface area contributed by atoms with E-state index in [4.69, 9.17) is 166 Å². The van der Waals surface area contributed by atoms with E-state index < -0.39 is 79.4 Å². The minimum absolute atomic E-state index is 0. The highest BCUT2D eigenvalue weighted by molar-refractivity contribution is 8.65. The highest BCUT2D eigenvalue weighted by Gasteiger charge is 2.48. The maximum atomic E-state index is 12.5. The van der Waals surface area contributed by atoms with E-state index in [1.807, 2.05) is 27.7 Å². The van der Waals surface area contributed by atoms with Crippen LogP contribution in [0.3, 0.4) is 0 Å². The molecule has 0 aromatic heterocycles. The van der Waals surface area contributed by atoms with Crippen molar-refractivity contribution < 1.29 is 60.5 Å². The van der Waals surface area contributed by atoms with Crippen LogP contribution in [0.1, 0.15) is 49.0 Å². The number of nitrogens with zero attached hydrogens (tertiary/aromatic N) is 7. The third-order valence-electron chi connectivity index (χ3n) is 5.91. The van der Waals surface area contributed by atoms with Crippen LogP contribution in [-0.4, -0.2) is 127 Å². The average Bonchev–Trinajstić information content (AvgIpc) is 3.09. The van der Waals surface area contributed by atoms with Gasteiger partial charge < -0.3 is 42.2 Å². The van der Waals surface area contributed by atoms with Gasteiger partial charge in [-0.2, -0.15) is 13.5 Å². The normalized spacial score (nSPS) is 17.5. The summed E-state index contributed by atoms with van der Waals surface area (Å²) in [4.78, 5) is 34.6. The molecule has 0 aromatic carbocycles. The summed E-state index contributed by atoms with van der Waals surface area (Å²) in [6.45, 7) is 22.7. The van der Waals surface area contributed by atoms with Gasteiger partial charge in [0.05, 0.1) is 33.0 Å². The molecule has 20 nitrogen and oxygen atoms in total. The molecule has 0 amide bonds. The predicted octanol–water partition coefficient (Wildman–Crippen LogP) is 21.8. The van der Waals surface area contributed by atoms with E-state index >= 15 is 0 Å². The Morgan fingerprint density at radius 2 is 0.682 bits per heavy atom. The standard InChI is InChI=1S/C8H22NO4P3.C6H15O3P.2C2H6Cl2NP.C2H5Cl.C2H10NO6P3.CH4.Cl6N3P3/c1-7-12-15(5,10)14(4,9-3)16(6,11)13-8-2;1-4-7-10(8-5-2)9-6-3;2*1-5-6(2,3)4;1-2-3;1-3-10(2,11(4,5)6)12(7,8)9;;1-10(2)7-11(3,4)9-12(5,6)8-10/h7-8H2,1-6H3;4-6H2,1-3H3;2*1-2H3;2H2,1H3;1-2H3,(H2,4,5,6)(H2,7,8,9);1H4;. The number of rotatable bonds is 14. The fourth-order valence-electron chi connectivity index (χ4n) is 2.57. The van der Waals surface area contributed by atoms with E-state index in [1.54, 1.807) is 47.9 Å². The van der Waals surface area contributed by atoms with Crippen molar-refractivity contribution in [2.75, 3.05) is 107 Å². The first-order chi connectivity index (χ1) is 28.7. The van der Waals surface area contributed by atoms with Crippen LogP contribution >= 0.6 is 203 Å². The smallest absolute Gasteiger partial charge is 0.325 e. The lowest BCUT2D eigenvalue weighted by Crippen LogP contribution is -1.95. The second-order valence-corrected chi connectivity index (χ2v) is 69.1. The summed E-state index contributed by atoms with van der Waals surface area (Å²) in [5.41, 5.74) is 0. The van der Waals surface area contributed by atoms with Gasteiger partial charge in [-0.15, -0.1) is 11.6 Å². The first-order valence-electron chi connectivity index (χ1n) is 17.4. The van der Waals surface area contributed by atoms with Crippen molar-refractivity contribution in [2.24, 2.45) is 32.5 Å². The van der Waals surface area contributed by atoms with Crippen LogP contribution in [0.15, 0.2) is 32.5 Å². The Morgan fingerprint density at radius 3 is 0.788 bits per heavy atom. The van der Waals surface area contributed by atoms with Gasteiger partial charge in [0.2, 0.25) is 14.1 Å². The zero-order valence-electron chi connectivity index (χ0n) is 38.4.